The molecule has 0 unspecified atom stereocenters. The fourth-order valence-electron chi connectivity index (χ4n) is 2.79. The molecule has 3 rings (SSSR count). The van der Waals surface area contributed by atoms with Gasteiger partial charge in [0.05, 0.1) is 18.2 Å². The molecule has 4 heteroatoms. The molecule has 2 heterocycles. The second-order valence-electron chi connectivity index (χ2n) is 4.89. The van der Waals surface area contributed by atoms with Gasteiger partial charge in [0.25, 0.3) is 0 Å². The van der Waals surface area contributed by atoms with E-state index in [1.165, 1.54) is 5.56 Å². The van der Waals surface area contributed by atoms with E-state index in [1.54, 1.807) is 0 Å². The number of ether oxygens (including phenoxy) is 2. The molecule has 2 N–H and O–H groups in total. The van der Waals surface area contributed by atoms with Gasteiger partial charge < -0.3 is 15.2 Å². The highest BCUT2D eigenvalue weighted by atomic mass is 35.5. The van der Waals surface area contributed by atoms with Gasteiger partial charge in [-0.05, 0) is 25.7 Å². The van der Waals surface area contributed by atoms with Crippen molar-refractivity contribution in [1.29, 1.82) is 0 Å². The lowest BCUT2D eigenvalue weighted by molar-refractivity contribution is 0.272. The molecule has 19 heavy (non-hydrogen) atoms. The summed E-state index contributed by atoms with van der Waals surface area (Å²) in [6.07, 6.45) is 7.96. The van der Waals surface area contributed by atoms with Crippen LogP contribution in [0.1, 0.15) is 29.5 Å². The Balaban J connectivity index is 2.21. The third kappa shape index (κ3) is 2.21. The molecular weight excluding hydrogens is 262 g/mol. The van der Waals surface area contributed by atoms with E-state index in [2.05, 4.69) is 0 Å². The van der Waals surface area contributed by atoms with Gasteiger partial charge in [-0.3, -0.25) is 0 Å². The Labute approximate surface area is 118 Å². The van der Waals surface area contributed by atoms with E-state index in [0.29, 0.717) is 6.54 Å². The summed E-state index contributed by atoms with van der Waals surface area (Å²) in [7, 11) is 0. The maximum Gasteiger partial charge on any atom is 0.142 e. The Morgan fingerprint density at radius 1 is 1.05 bits per heavy atom. The number of halogens is 1. The van der Waals surface area contributed by atoms with Crippen molar-refractivity contribution in [3.8, 4) is 11.5 Å². The van der Waals surface area contributed by atoms with Gasteiger partial charge in [-0.15, -0.1) is 0 Å². The van der Waals surface area contributed by atoms with Crippen molar-refractivity contribution >= 4 is 17.7 Å². The molecule has 1 aromatic carbocycles. The molecule has 0 spiro atoms. The average Bonchev–Trinajstić information content (AvgIpc) is 2.47. The minimum absolute atomic E-state index is 0.521. The van der Waals surface area contributed by atoms with Crippen LogP contribution in [0.3, 0.4) is 0 Å². The molecule has 3 nitrogen and oxygen atoms in total. The first-order valence-electron chi connectivity index (χ1n) is 6.82. The molecule has 0 saturated carbocycles. The van der Waals surface area contributed by atoms with E-state index in [1.807, 2.05) is 12.2 Å². The summed E-state index contributed by atoms with van der Waals surface area (Å²) in [6.45, 7) is 2.02. The van der Waals surface area contributed by atoms with Gasteiger partial charge in [0.1, 0.15) is 11.5 Å². The number of nitrogens with two attached hydrogens (primary N) is 1. The highest BCUT2D eigenvalue weighted by molar-refractivity contribution is 6.33. The number of benzene rings is 1. The van der Waals surface area contributed by atoms with Gasteiger partial charge in [-0.25, -0.2) is 0 Å². The van der Waals surface area contributed by atoms with Gasteiger partial charge in [0.2, 0.25) is 0 Å². The molecule has 0 saturated heterocycles. The summed E-state index contributed by atoms with van der Waals surface area (Å²) in [5.74, 6) is 1.79. The zero-order valence-electron chi connectivity index (χ0n) is 10.9. The zero-order chi connectivity index (χ0) is 13.2. The summed E-state index contributed by atoms with van der Waals surface area (Å²) in [5, 5.41) is 0.745. The van der Waals surface area contributed by atoms with Crippen LogP contribution in [-0.4, -0.2) is 19.8 Å². The summed E-state index contributed by atoms with van der Waals surface area (Å²) >= 11 is 6.50. The lowest BCUT2D eigenvalue weighted by Gasteiger charge is -2.28. The SMILES string of the molecule is NC/C=C/c1c2c(c(Cl)c3c1OCCC3)OCCC2. The first-order chi connectivity index (χ1) is 9.33. The van der Waals surface area contributed by atoms with Crippen molar-refractivity contribution in [2.24, 2.45) is 5.73 Å². The zero-order valence-corrected chi connectivity index (χ0v) is 11.6. The van der Waals surface area contributed by atoms with E-state index in [-0.39, 0.29) is 0 Å². The number of hydrogen-bond donors (Lipinski definition) is 1. The quantitative estimate of drug-likeness (QED) is 0.905. The van der Waals surface area contributed by atoms with Crippen LogP contribution < -0.4 is 15.2 Å². The Hall–Kier alpha value is -1.19. The second-order valence-corrected chi connectivity index (χ2v) is 5.26. The van der Waals surface area contributed by atoms with Gasteiger partial charge in [-0.1, -0.05) is 23.8 Å². The Morgan fingerprint density at radius 2 is 1.74 bits per heavy atom. The van der Waals surface area contributed by atoms with Crippen LogP contribution in [0.2, 0.25) is 5.02 Å². The highest BCUT2D eigenvalue weighted by Gasteiger charge is 2.27. The molecular formula is C15H18ClNO2. The Bertz CT molecular complexity index is 488. The molecule has 0 aliphatic carbocycles. The van der Waals surface area contributed by atoms with E-state index in [4.69, 9.17) is 26.8 Å². The Morgan fingerprint density at radius 3 is 2.47 bits per heavy atom. The van der Waals surface area contributed by atoms with Crippen LogP contribution in [0.4, 0.5) is 0 Å². The molecule has 2 aliphatic heterocycles. The van der Waals surface area contributed by atoms with Crippen molar-refractivity contribution in [2.45, 2.75) is 25.7 Å². The molecule has 0 fully saturated rings. The van der Waals surface area contributed by atoms with Crippen LogP contribution in [0.5, 0.6) is 11.5 Å². The first-order valence-corrected chi connectivity index (χ1v) is 7.20. The first kappa shape index (κ1) is 12.8. The molecule has 0 aromatic heterocycles. The van der Waals surface area contributed by atoms with Gasteiger partial charge >= 0.3 is 0 Å². The van der Waals surface area contributed by atoms with Crippen LogP contribution in [0.25, 0.3) is 6.08 Å². The summed E-state index contributed by atoms with van der Waals surface area (Å²) in [4.78, 5) is 0. The highest BCUT2D eigenvalue weighted by Crippen LogP contribution is 2.46. The van der Waals surface area contributed by atoms with Crippen LogP contribution in [-0.2, 0) is 12.8 Å². The topological polar surface area (TPSA) is 44.5 Å². The molecule has 0 amide bonds. The molecule has 102 valence electrons. The lowest BCUT2D eigenvalue weighted by Crippen LogP contribution is -2.16. The number of hydrogen-bond acceptors (Lipinski definition) is 3. The van der Waals surface area contributed by atoms with Crippen molar-refractivity contribution in [2.75, 3.05) is 19.8 Å². The second kappa shape index (κ2) is 5.43. The van der Waals surface area contributed by atoms with E-state index in [0.717, 1.165) is 66.5 Å². The third-order valence-corrected chi connectivity index (χ3v) is 4.04. The molecule has 1 aromatic rings. The average molecular weight is 280 g/mol. The van der Waals surface area contributed by atoms with E-state index >= 15 is 0 Å². The predicted octanol–water partition coefficient (Wildman–Crippen LogP) is 2.96. The smallest absolute Gasteiger partial charge is 0.142 e. The van der Waals surface area contributed by atoms with Crippen LogP contribution >= 0.6 is 11.6 Å². The van der Waals surface area contributed by atoms with Gasteiger partial charge in [-0.2, -0.15) is 0 Å². The molecule has 2 aliphatic rings. The van der Waals surface area contributed by atoms with Crippen molar-refractivity contribution in [3.63, 3.8) is 0 Å². The summed E-state index contributed by atoms with van der Waals surface area (Å²) in [5.41, 5.74) is 8.94. The maximum atomic E-state index is 6.50. The summed E-state index contributed by atoms with van der Waals surface area (Å²) < 4.78 is 11.7. The van der Waals surface area contributed by atoms with E-state index < -0.39 is 0 Å². The fourth-order valence-corrected chi connectivity index (χ4v) is 3.14. The Kier molecular flexibility index (Phi) is 3.67. The van der Waals surface area contributed by atoms with Gasteiger partial charge in [0, 0.05) is 23.2 Å². The third-order valence-electron chi connectivity index (χ3n) is 3.64. The summed E-state index contributed by atoms with van der Waals surface area (Å²) in [6, 6.07) is 0. The van der Waals surface area contributed by atoms with Gasteiger partial charge in [0.15, 0.2) is 0 Å². The molecule has 0 bridgehead atoms. The van der Waals surface area contributed by atoms with E-state index in [9.17, 15) is 0 Å². The van der Waals surface area contributed by atoms with Crippen molar-refractivity contribution in [3.05, 3.63) is 27.8 Å². The standard InChI is InChI=1S/C15H18ClNO2/c16-13-12-6-3-8-18-14(12)10(4-1-7-17)11-5-2-9-19-15(11)13/h1,4H,2-3,5-9,17H2/b4-1+. The largest absolute Gasteiger partial charge is 0.493 e. The number of fused-ring (bicyclic) bond motifs is 2. The normalized spacial score (nSPS) is 17.6. The minimum atomic E-state index is 0.521. The lowest BCUT2D eigenvalue weighted by atomic mass is 9.92. The van der Waals surface area contributed by atoms with Crippen molar-refractivity contribution < 1.29 is 9.47 Å². The van der Waals surface area contributed by atoms with Crippen molar-refractivity contribution in [1.82, 2.24) is 0 Å². The van der Waals surface area contributed by atoms with Crippen LogP contribution in [0.15, 0.2) is 6.08 Å². The minimum Gasteiger partial charge on any atom is -0.493 e. The molecule has 0 radical (unpaired) electrons. The van der Waals surface area contributed by atoms with Crippen LogP contribution in [0, 0.1) is 0 Å². The fraction of sp³-hybridized carbons (Fsp3) is 0.467. The number of rotatable bonds is 2. The molecule has 0 atom stereocenters. The predicted molar refractivity (Wildman–Crippen MR) is 77.2 cm³/mol. The monoisotopic (exact) mass is 279 g/mol. The maximum absolute atomic E-state index is 6.50.